The number of rotatable bonds is 7. The van der Waals surface area contributed by atoms with Gasteiger partial charge < -0.3 is 24.5 Å². The Morgan fingerprint density at radius 3 is 2.52 bits per heavy atom. The van der Waals surface area contributed by atoms with Gasteiger partial charge in [0.25, 0.3) is 5.56 Å². The van der Waals surface area contributed by atoms with E-state index in [-0.39, 0.29) is 29.0 Å². The van der Waals surface area contributed by atoms with Gasteiger partial charge in [0.1, 0.15) is 15.9 Å². The highest BCUT2D eigenvalue weighted by atomic mass is 35.5. The lowest BCUT2D eigenvalue weighted by molar-refractivity contribution is -0.367. The molecule has 46 heavy (non-hydrogen) atoms. The van der Waals surface area contributed by atoms with Gasteiger partial charge in [-0.3, -0.25) is 4.79 Å². The number of hydrogen-bond acceptors (Lipinski definition) is 9. The summed E-state index contributed by atoms with van der Waals surface area (Å²) in [6.07, 6.45) is 3.23. The van der Waals surface area contributed by atoms with Crippen molar-refractivity contribution < 1.29 is 28.2 Å². The first-order valence-electron chi connectivity index (χ1n) is 13.8. The summed E-state index contributed by atoms with van der Waals surface area (Å²) >= 11 is 6.07. The summed E-state index contributed by atoms with van der Waals surface area (Å²) in [5.74, 6) is 0.386. The Morgan fingerprint density at radius 1 is 1.15 bits per heavy atom. The minimum absolute atomic E-state index is 0.0932. The molecule has 0 atom stereocenters. The number of nitriles is 1. The number of hydrogen-bond donors (Lipinski definition) is 1. The van der Waals surface area contributed by atoms with Gasteiger partial charge in [-0.25, -0.2) is 18.2 Å². The van der Waals surface area contributed by atoms with E-state index >= 15 is 0 Å². The molecule has 238 valence electrons. The molecule has 0 fully saturated rings. The Bertz CT molecular complexity index is 2110. The number of pyridine rings is 2. The van der Waals surface area contributed by atoms with Crippen molar-refractivity contribution in [3.8, 4) is 17.6 Å². The number of carbonyl (C=O) groups excluding carboxylic acids is 1. The molecule has 3 aromatic heterocycles. The predicted octanol–water partition coefficient (Wildman–Crippen LogP) is 3.31. The van der Waals surface area contributed by atoms with E-state index in [1.165, 1.54) is 44.5 Å². The maximum atomic E-state index is 13.3. The van der Waals surface area contributed by atoms with Crippen LogP contribution in [-0.4, -0.2) is 63.4 Å². The summed E-state index contributed by atoms with van der Waals surface area (Å²) < 4.78 is 39.7. The smallest absolute Gasteiger partial charge is 0.346 e. The van der Waals surface area contributed by atoms with Crippen molar-refractivity contribution in [2.24, 2.45) is 0 Å². The molecule has 2 aromatic carbocycles. The van der Waals surface area contributed by atoms with E-state index in [1.54, 1.807) is 50.6 Å². The number of amides is 1. The van der Waals surface area contributed by atoms with Crippen LogP contribution in [0.15, 0.2) is 82.7 Å². The lowest BCUT2D eigenvalue weighted by Gasteiger charge is -2.14. The Balaban J connectivity index is 0.000000369. The van der Waals surface area contributed by atoms with Gasteiger partial charge in [-0.15, -0.1) is 0 Å². The van der Waals surface area contributed by atoms with Gasteiger partial charge in [-0.1, -0.05) is 29.3 Å². The van der Waals surface area contributed by atoms with Crippen LogP contribution in [0, 0.1) is 25.2 Å². The molecule has 0 aliphatic rings. The van der Waals surface area contributed by atoms with Gasteiger partial charge >= 0.3 is 6.03 Å². The highest BCUT2D eigenvalue weighted by Gasteiger charge is 2.21. The third-order valence-corrected chi connectivity index (χ3v) is 7.76. The zero-order chi connectivity index (χ0) is 33.6. The first kappa shape index (κ1) is 33.8. The zero-order valence-electron chi connectivity index (χ0n) is 25.2. The number of fused-ring (bicyclic) bond motifs is 1. The summed E-state index contributed by atoms with van der Waals surface area (Å²) in [6.45, 7) is 4.70. The van der Waals surface area contributed by atoms with E-state index in [4.69, 9.17) is 16.3 Å². The summed E-state index contributed by atoms with van der Waals surface area (Å²) in [4.78, 5) is 31.9. The second-order valence-corrected chi connectivity index (χ2v) is 12.0. The third-order valence-electron chi connectivity index (χ3n) is 6.69. The van der Waals surface area contributed by atoms with Crippen LogP contribution in [0.4, 0.5) is 4.79 Å². The summed E-state index contributed by atoms with van der Waals surface area (Å²) in [5.41, 5.74) is 6.17. The summed E-state index contributed by atoms with van der Waals surface area (Å²) in [6, 6.07) is 17.3. The molecule has 5 aromatic rings. The van der Waals surface area contributed by atoms with Gasteiger partial charge in [0.05, 0.1) is 41.9 Å². The molecule has 13 nitrogen and oxygen atoms in total. The maximum absolute atomic E-state index is 13.3. The molecular formula is C31H30ClN7O6S. The van der Waals surface area contributed by atoms with Gasteiger partial charge in [-0.05, 0) is 67.9 Å². The van der Waals surface area contributed by atoms with E-state index in [0.29, 0.717) is 46.0 Å². The number of benzene rings is 2. The molecule has 3 N–H and O–H groups in total. The van der Waals surface area contributed by atoms with Crippen molar-refractivity contribution in [3.05, 3.63) is 111 Å². The molecule has 1 amide bonds. The van der Waals surface area contributed by atoms with Crippen LogP contribution in [-0.2, 0) is 16.7 Å². The van der Waals surface area contributed by atoms with Crippen LogP contribution < -0.4 is 16.0 Å². The van der Waals surface area contributed by atoms with E-state index < -0.39 is 15.7 Å². The van der Waals surface area contributed by atoms with Crippen molar-refractivity contribution >= 4 is 38.8 Å². The minimum Gasteiger partial charge on any atom is -0.744 e. The first-order valence-corrected chi connectivity index (χ1v) is 15.6. The monoisotopic (exact) mass is 663 g/mol. The number of halogens is 1. The highest BCUT2D eigenvalue weighted by Crippen LogP contribution is 2.26. The van der Waals surface area contributed by atoms with E-state index in [9.17, 15) is 27.8 Å². The molecule has 0 aliphatic heterocycles. The van der Waals surface area contributed by atoms with Crippen LogP contribution in [0.1, 0.15) is 22.4 Å². The van der Waals surface area contributed by atoms with Gasteiger partial charge in [-0.2, -0.15) is 15.0 Å². The van der Waals surface area contributed by atoms with Crippen LogP contribution in [0.25, 0.3) is 11.0 Å². The number of aryl methyl sites for hydroxylation is 2. The molecule has 15 heteroatoms. The molecule has 0 radical (unpaired) electrons. The Hall–Kier alpha value is -5.07. The molecule has 0 saturated heterocycles. The van der Waals surface area contributed by atoms with E-state index in [1.807, 2.05) is 19.1 Å². The van der Waals surface area contributed by atoms with Crippen LogP contribution in [0.2, 0.25) is 5.02 Å². The van der Waals surface area contributed by atoms with Crippen molar-refractivity contribution in [1.29, 1.82) is 5.26 Å². The predicted molar refractivity (Wildman–Crippen MR) is 169 cm³/mol. The number of likely N-dealkylation sites (N-methyl/N-ethyl adjacent to an activating group) is 1. The van der Waals surface area contributed by atoms with Gasteiger partial charge in [0.2, 0.25) is 0 Å². The van der Waals surface area contributed by atoms with Crippen LogP contribution >= 0.6 is 11.6 Å². The first-order chi connectivity index (χ1) is 21.8. The molecule has 3 heterocycles. The van der Waals surface area contributed by atoms with E-state index in [2.05, 4.69) is 15.8 Å². The number of carbonyl (C=O) groups is 1. The second kappa shape index (κ2) is 14.4. The van der Waals surface area contributed by atoms with Gasteiger partial charge in [0.15, 0.2) is 11.4 Å². The fourth-order valence-electron chi connectivity index (χ4n) is 4.32. The van der Waals surface area contributed by atoms with Crippen molar-refractivity contribution in [1.82, 2.24) is 24.2 Å². The zero-order valence-corrected chi connectivity index (χ0v) is 26.7. The minimum atomic E-state index is -4.27. The fraction of sp³-hybridized carbons (Fsp3) is 0.194. The lowest BCUT2D eigenvalue weighted by atomic mass is 10.2. The number of nitrogens with zero attached hydrogens (tertiary/aromatic N) is 6. The quantitative estimate of drug-likeness (QED) is 0.254. The molecule has 0 aliphatic carbocycles. The molecule has 0 bridgehead atoms. The highest BCUT2D eigenvalue weighted by molar-refractivity contribution is 7.85. The average Bonchev–Trinajstić information content (AvgIpc) is 3.38. The SMILES string of the molecule is Cc1ccc(S(=O)(=O)[O-])cc1.Cc1ccn(Cc2nn(C(=O)N(C)CC[NH3+])c3ncccc23)c(=O)c1Oc1cc(Cl)cc(C#N)c1. The van der Waals surface area contributed by atoms with Crippen molar-refractivity contribution in [2.45, 2.75) is 25.3 Å². The Morgan fingerprint density at radius 2 is 1.87 bits per heavy atom. The van der Waals surface area contributed by atoms with Crippen molar-refractivity contribution in [3.63, 3.8) is 0 Å². The largest absolute Gasteiger partial charge is 0.744 e. The van der Waals surface area contributed by atoms with Crippen LogP contribution in [0.3, 0.4) is 0 Å². The molecule has 0 spiro atoms. The molecule has 0 unspecified atom stereocenters. The molecule has 5 rings (SSSR count). The standard InChI is InChI=1S/C24H22ClN7O3.C7H8O3S/c1-15-5-8-31(23(33)21(15)35-18-11-16(13-27)10-17(25)12-18)14-20-19-4-3-7-28-22(19)32(29-20)24(34)30(2)9-6-26;1-6-2-4-7(5-3-6)11(8,9)10/h3-5,7-8,10-12H,6,9,14,26H2,1-2H3;2-5H,1H3,(H,8,9,10). The summed E-state index contributed by atoms with van der Waals surface area (Å²) in [5, 5.41) is 14.7. The van der Waals surface area contributed by atoms with Gasteiger partial charge in [0, 0.05) is 29.9 Å². The number of ether oxygens (including phenoxy) is 1. The second-order valence-electron chi connectivity index (χ2n) is 10.2. The number of aromatic nitrogens is 4. The lowest BCUT2D eigenvalue weighted by Crippen LogP contribution is -2.55. The Kier molecular flexibility index (Phi) is 10.6. The number of quaternary nitrogens is 1. The summed E-state index contributed by atoms with van der Waals surface area (Å²) in [7, 11) is -2.60. The van der Waals surface area contributed by atoms with E-state index in [0.717, 1.165) is 5.56 Å². The average molecular weight is 664 g/mol. The van der Waals surface area contributed by atoms with Crippen LogP contribution in [0.5, 0.6) is 11.5 Å². The maximum Gasteiger partial charge on any atom is 0.346 e. The molecular weight excluding hydrogens is 634 g/mol. The van der Waals surface area contributed by atoms with Crippen molar-refractivity contribution in [2.75, 3.05) is 20.1 Å². The Labute approximate surface area is 269 Å². The fourth-order valence-corrected chi connectivity index (χ4v) is 5.02. The molecule has 0 saturated carbocycles. The normalized spacial score (nSPS) is 11.0. The topological polar surface area (TPSA) is 191 Å². The third kappa shape index (κ3) is 7.95.